The van der Waals surface area contributed by atoms with Crippen LogP contribution in [0.2, 0.25) is 0 Å². The summed E-state index contributed by atoms with van der Waals surface area (Å²) in [4.78, 5) is 0. The molecular weight excluding hydrogens is 214 g/mol. The van der Waals surface area contributed by atoms with Gasteiger partial charge >= 0.3 is 7.68 Å². The zero-order valence-corrected chi connectivity index (χ0v) is 11.1. The molecule has 2 atom stereocenters. The van der Waals surface area contributed by atoms with Gasteiger partial charge in [0.1, 0.15) is 0 Å². The zero-order valence-electron chi connectivity index (χ0n) is 10.2. The van der Waals surface area contributed by atoms with Crippen molar-refractivity contribution in [3.05, 3.63) is 0 Å². The molecule has 92 valence electrons. The number of hydrogen-bond acceptors (Lipinski definition) is 2. The fourth-order valence-electron chi connectivity index (χ4n) is 1.59. The number of halogens is 1. The first-order valence-electron chi connectivity index (χ1n) is 5.91. The maximum Gasteiger partial charge on any atom is 0.364 e. The SMILES string of the molecule is CCCCCCCCC(C)OP(C)(=O)F. The molecule has 0 amide bonds. The summed E-state index contributed by atoms with van der Waals surface area (Å²) in [6.45, 7) is 4.99. The van der Waals surface area contributed by atoms with Crippen molar-refractivity contribution in [1.29, 1.82) is 0 Å². The minimum atomic E-state index is -3.79. The zero-order chi connectivity index (χ0) is 11.7. The lowest BCUT2D eigenvalue weighted by Gasteiger charge is -2.13. The van der Waals surface area contributed by atoms with E-state index < -0.39 is 7.68 Å². The second-order valence-corrected chi connectivity index (χ2v) is 5.92. The van der Waals surface area contributed by atoms with Gasteiger partial charge in [-0.1, -0.05) is 45.4 Å². The van der Waals surface area contributed by atoms with Gasteiger partial charge in [-0.05, 0) is 13.3 Å². The van der Waals surface area contributed by atoms with E-state index in [0.29, 0.717) is 0 Å². The molecule has 0 radical (unpaired) electrons. The van der Waals surface area contributed by atoms with Gasteiger partial charge in [0.15, 0.2) is 0 Å². The van der Waals surface area contributed by atoms with Gasteiger partial charge in [-0.15, -0.1) is 0 Å². The minimum Gasteiger partial charge on any atom is -0.303 e. The van der Waals surface area contributed by atoms with Crippen LogP contribution in [0.3, 0.4) is 0 Å². The van der Waals surface area contributed by atoms with E-state index in [1.807, 2.05) is 0 Å². The lowest BCUT2D eigenvalue weighted by molar-refractivity contribution is 0.195. The highest BCUT2D eigenvalue weighted by Crippen LogP contribution is 2.45. The molecule has 0 aliphatic carbocycles. The molecule has 0 saturated carbocycles. The molecule has 0 aromatic carbocycles. The van der Waals surface area contributed by atoms with E-state index in [-0.39, 0.29) is 6.10 Å². The molecular formula is C11H24FO2P. The van der Waals surface area contributed by atoms with Crippen molar-refractivity contribution in [2.75, 3.05) is 6.66 Å². The summed E-state index contributed by atoms with van der Waals surface area (Å²) in [6.07, 6.45) is 7.83. The Morgan fingerprint density at radius 3 is 2.27 bits per heavy atom. The van der Waals surface area contributed by atoms with Crippen LogP contribution in [-0.4, -0.2) is 12.8 Å². The highest BCUT2D eigenvalue weighted by Gasteiger charge is 2.17. The number of unbranched alkanes of at least 4 members (excludes halogenated alkanes) is 5. The average molecular weight is 238 g/mol. The van der Waals surface area contributed by atoms with Crippen LogP contribution in [0.5, 0.6) is 0 Å². The molecule has 0 saturated heterocycles. The lowest BCUT2D eigenvalue weighted by atomic mass is 10.1. The lowest BCUT2D eigenvalue weighted by Crippen LogP contribution is -2.04. The molecule has 0 spiro atoms. The molecule has 0 bridgehead atoms. The summed E-state index contributed by atoms with van der Waals surface area (Å²) in [7, 11) is -3.79. The molecule has 2 unspecified atom stereocenters. The van der Waals surface area contributed by atoms with E-state index in [0.717, 1.165) is 25.9 Å². The molecule has 0 fully saturated rings. The molecule has 0 rings (SSSR count). The quantitative estimate of drug-likeness (QED) is 0.420. The monoisotopic (exact) mass is 238 g/mol. The van der Waals surface area contributed by atoms with Gasteiger partial charge < -0.3 is 4.52 Å². The van der Waals surface area contributed by atoms with Crippen LogP contribution in [0.1, 0.15) is 58.8 Å². The maximum atomic E-state index is 12.6. The van der Waals surface area contributed by atoms with E-state index >= 15 is 0 Å². The third kappa shape index (κ3) is 12.0. The largest absolute Gasteiger partial charge is 0.364 e. The van der Waals surface area contributed by atoms with E-state index in [2.05, 4.69) is 6.92 Å². The molecule has 0 heterocycles. The van der Waals surface area contributed by atoms with Crippen molar-refractivity contribution in [2.45, 2.75) is 64.9 Å². The Morgan fingerprint density at radius 2 is 1.73 bits per heavy atom. The first-order valence-corrected chi connectivity index (χ1v) is 7.87. The van der Waals surface area contributed by atoms with Gasteiger partial charge in [0.05, 0.1) is 6.10 Å². The number of hydrogen-bond donors (Lipinski definition) is 0. The van der Waals surface area contributed by atoms with Crippen molar-refractivity contribution in [1.82, 2.24) is 0 Å². The van der Waals surface area contributed by atoms with Gasteiger partial charge in [0.2, 0.25) is 0 Å². The molecule has 15 heavy (non-hydrogen) atoms. The molecule has 2 nitrogen and oxygen atoms in total. The highest BCUT2D eigenvalue weighted by molar-refractivity contribution is 7.52. The molecule has 0 aromatic heterocycles. The third-order valence-corrected chi connectivity index (χ3v) is 3.07. The number of rotatable bonds is 9. The van der Waals surface area contributed by atoms with Gasteiger partial charge in [0.25, 0.3) is 0 Å². The Morgan fingerprint density at radius 1 is 1.20 bits per heavy atom. The van der Waals surface area contributed by atoms with Crippen LogP contribution in [0, 0.1) is 0 Å². The van der Waals surface area contributed by atoms with Crippen LogP contribution < -0.4 is 0 Å². The normalized spacial score (nSPS) is 17.3. The van der Waals surface area contributed by atoms with Crippen molar-refractivity contribution >= 4 is 7.68 Å². The molecule has 0 aliphatic rings. The van der Waals surface area contributed by atoms with E-state index in [4.69, 9.17) is 4.52 Å². The van der Waals surface area contributed by atoms with Crippen molar-refractivity contribution < 1.29 is 13.3 Å². The molecule has 0 N–H and O–H groups in total. The van der Waals surface area contributed by atoms with Crippen LogP contribution in [-0.2, 0) is 9.09 Å². The van der Waals surface area contributed by atoms with E-state index in [1.165, 1.54) is 25.7 Å². The predicted octanol–water partition coefficient (Wildman–Crippen LogP) is 4.93. The Kier molecular flexibility index (Phi) is 8.36. The first-order chi connectivity index (χ1) is 6.95. The highest BCUT2D eigenvalue weighted by atomic mass is 31.2. The second-order valence-electron chi connectivity index (χ2n) is 4.22. The van der Waals surface area contributed by atoms with Crippen molar-refractivity contribution in [3.63, 3.8) is 0 Å². The first kappa shape index (κ1) is 15.1. The van der Waals surface area contributed by atoms with Crippen molar-refractivity contribution in [2.24, 2.45) is 0 Å². The van der Waals surface area contributed by atoms with Crippen molar-refractivity contribution in [3.8, 4) is 0 Å². The minimum absolute atomic E-state index is 0.225. The van der Waals surface area contributed by atoms with E-state index in [1.54, 1.807) is 6.92 Å². The maximum absolute atomic E-state index is 12.6. The van der Waals surface area contributed by atoms with Crippen LogP contribution in [0.25, 0.3) is 0 Å². The fraction of sp³-hybridized carbons (Fsp3) is 1.00. The Balaban J connectivity index is 3.32. The standard InChI is InChI=1S/C11H24FO2P/c1-4-5-6-7-8-9-10-11(2)14-15(3,12)13/h11H,4-10H2,1-3H3. The van der Waals surface area contributed by atoms with E-state index in [9.17, 15) is 8.76 Å². The second kappa shape index (κ2) is 8.29. The fourth-order valence-corrected chi connectivity index (χ4v) is 2.33. The van der Waals surface area contributed by atoms with Gasteiger partial charge in [-0.25, -0.2) is 0 Å². The molecule has 0 aliphatic heterocycles. The predicted molar refractivity (Wildman–Crippen MR) is 63.2 cm³/mol. The molecule has 0 aromatic rings. The Hall–Kier alpha value is 0.120. The third-order valence-electron chi connectivity index (χ3n) is 2.33. The van der Waals surface area contributed by atoms with Gasteiger partial charge in [-0.3, -0.25) is 4.57 Å². The Bertz CT molecular complexity index is 191. The summed E-state index contributed by atoms with van der Waals surface area (Å²) in [5.74, 6) is 0. The summed E-state index contributed by atoms with van der Waals surface area (Å²) in [5, 5.41) is 0. The van der Waals surface area contributed by atoms with Crippen LogP contribution in [0.4, 0.5) is 4.20 Å². The van der Waals surface area contributed by atoms with Crippen LogP contribution in [0.15, 0.2) is 0 Å². The summed E-state index contributed by atoms with van der Waals surface area (Å²) in [6, 6.07) is 0. The summed E-state index contributed by atoms with van der Waals surface area (Å²) < 4.78 is 28.1. The van der Waals surface area contributed by atoms with Gasteiger partial charge in [-0.2, -0.15) is 4.20 Å². The van der Waals surface area contributed by atoms with Crippen LogP contribution >= 0.6 is 7.68 Å². The topological polar surface area (TPSA) is 26.3 Å². The summed E-state index contributed by atoms with van der Waals surface area (Å²) in [5.41, 5.74) is 0. The smallest absolute Gasteiger partial charge is 0.303 e. The van der Waals surface area contributed by atoms with Gasteiger partial charge in [0, 0.05) is 6.66 Å². The molecule has 4 heteroatoms. The summed E-state index contributed by atoms with van der Waals surface area (Å²) >= 11 is 0. The Labute approximate surface area is 93.2 Å². The average Bonchev–Trinajstić information content (AvgIpc) is 2.08.